The van der Waals surface area contributed by atoms with Gasteiger partial charge < -0.3 is 14.6 Å². The van der Waals surface area contributed by atoms with Gasteiger partial charge in [-0.3, -0.25) is 19.8 Å². The molecule has 0 bridgehead atoms. The predicted molar refractivity (Wildman–Crippen MR) is 91.7 cm³/mol. The highest BCUT2D eigenvalue weighted by molar-refractivity contribution is 8.00. The number of hydrogen-bond acceptors (Lipinski definition) is 7. The zero-order valence-electron chi connectivity index (χ0n) is 14.7. The summed E-state index contributed by atoms with van der Waals surface area (Å²) in [7, 11) is 1.45. The highest BCUT2D eigenvalue weighted by Gasteiger charge is 2.65. The highest BCUT2D eigenvalue weighted by Crippen LogP contribution is 2.46. The Morgan fingerprint density at radius 3 is 2.72 bits per heavy atom. The number of hydrogen-bond donors (Lipinski definition) is 2. The smallest absolute Gasteiger partial charge is 0.352 e. The molecule has 0 aliphatic carbocycles. The van der Waals surface area contributed by atoms with E-state index in [9.17, 15) is 19.5 Å². The van der Waals surface area contributed by atoms with Crippen LogP contribution in [0.15, 0.2) is 11.3 Å². The first-order valence-corrected chi connectivity index (χ1v) is 9.28. The van der Waals surface area contributed by atoms with Gasteiger partial charge in [0, 0.05) is 25.4 Å². The lowest BCUT2D eigenvalue weighted by Gasteiger charge is -2.56. The lowest BCUT2D eigenvalue weighted by molar-refractivity contribution is -0.191. The fraction of sp³-hybridized carbons (Fsp3) is 0.688. The van der Waals surface area contributed by atoms with Gasteiger partial charge in [0.05, 0.1) is 0 Å². The minimum atomic E-state index is -1.21. The number of carbonyl (C=O) groups excluding carboxylic acids is 2. The molecule has 1 saturated heterocycles. The second-order valence-electron chi connectivity index (χ2n) is 5.95. The number of rotatable bonds is 9. The molecule has 2 atom stereocenters. The normalized spacial score (nSPS) is 25.5. The third-order valence-corrected chi connectivity index (χ3v) is 5.63. The number of nitrogens with zero attached hydrogens (tertiary/aromatic N) is 1. The number of unbranched alkanes of at least 4 members (excludes halogenated alkanes) is 2. The molecule has 25 heavy (non-hydrogen) atoms. The molecule has 2 aliphatic heterocycles. The second kappa shape index (κ2) is 8.20. The maximum atomic E-state index is 12.7. The van der Waals surface area contributed by atoms with E-state index in [4.69, 9.17) is 9.47 Å². The molecule has 0 aromatic rings. The van der Waals surface area contributed by atoms with E-state index >= 15 is 0 Å². The molecule has 0 saturated carbocycles. The van der Waals surface area contributed by atoms with Crippen molar-refractivity contribution < 1.29 is 29.0 Å². The summed E-state index contributed by atoms with van der Waals surface area (Å²) in [5.74, 6) is -1.79. The summed E-state index contributed by atoms with van der Waals surface area (Å²) in [4.78, 5) is 36.6. The van der Waals surface area contributed by atoms with Crippen LogP contribution in [0.4, 0.5) is 0 Å². The average Bonchev–Trinajstić information content (AvgIpc) is 2.58. The van der Waals surface area contributed by atoms with Gasteiger partial charge in [-0.1, -0.05) is 19.8 Å². The zero-order valence-corrected chi connectivity index (χ0v) is 15.5. The number of ether oxygens (including phenoxy) is 2. The van der Waals surface area contributed by atoms with Gasteiger partial charge in [-0.05, 0) is 13.0 Å². The average molecular weight is 372 g/mol. The quantitative estimate of drug-likeness (QED) is 0.266. The monoisotopic (exact) mass is 372 g/mol. The summed E-state index contributed by atoms with van der Waals surface area (Å²) < 4.78 is 10.4. The number of esters is 1. The summed E-state index contributed by atoms with van der Waals surface area (Å²) in [6, 6.07) is 0. The molecule has 0 radical (unpaired) electrons. The minimum Gasteiger partial charge on any atom is -0.477 e. The fourth-order valence-corrected chi connectivity index (χ4v) is 4.41. The van der Waals surface area contributed by atoms with Crippen LogP contribution in [0.1, 0.15) is 33.1 Å². The maximum absolute atomic E-state index is 12.7. The van der Waals surface area contributed by atoms with Crippen molar-refractivity contribution in [1.29, 1.82) is 0 Å². The van der Waals surface area contributed by atoms with E-state index in [1.165, 1.54) is 30.7 Å². The van der Waals surface area contributed by atoms with Crippen LogP contribution in [0.2, 0.25) is 0 Å². The van der Waals surface area contributed by atoms with Gasteiger partial charge in [-0.25, -0.2) is 4.79 Å². The molecule has 0 spiro atoms. The molecule has 2 aliphatic rings. The van der Waals surface area contributed by atoms with Gasteiger partial charge in [0.2, 0.25) is 5.72 Å². The molecule has 8 nitrogen and oxygen atoms in total. The molecular weight excluding hydrogens is 348 g/mol. The van der Waals surface area contributed by atoms with Crippen molar-refractivity contribution in [3.63, 3.8) is 0 Å². The van der Waals surface area contributed by atoms with Crippen LogP contribution in [-0.4, -0.2) is 65.0 Å². The molecule has 9 heteroatoms. The Bertz CT molecular complexity index is 593. The number of carboxylic acids is 1. The Morgan fingerprint density at radius 1 is 1.44 bits per heavy atom. The van der Waals surface area contributed by atoms with E-state index in [0.717, 1.165) is 19.3 Å². The van der Waals surface area contributed by atoms with Gasteiger partial charge in [-0.2, -0.15) is 0 Å². The summed E-state index contributed by atoms with van der Waals surface area (Å²) >= 11 is 1.40. The third kappa shape index (κ3) is 3.68. The Kier molecular flexibility index (Phi) is 6.47. The van der Waals surface area contributed by atoms with Crippen molar-refractivity contribution in [2.45, 2.75) is 44.2 Å². The summed E-state index contributed by atoms with van der Waals surface area (Å²) in [5.41, 5.74) is -0.905. The number of carboxylic acid groups (broad SMARTS) is 1. The maximum Gasteiger partial charge on any atom is 0.352 e. The van der Waals surface area contributed by atoms with Crippen LogP contribution in [0.25, 0.3) is 0 Å². The number of methoxy groups -OCH3 is 1. The number of aliphatic carboxylic acids is 1. The number of carbonyl (C=O) groups is 3. The number of β-lactam (4-membered cyclic amide) rings is 1. The highest BCUT2D eigenvalue weighted by atomic mass is 32.2. The standard InChI is InChI=1S/C16H24N2O6S/c1-4-5-6-7-17-16(23-3)14(22)18-12(13(20)21)11(8-24-10(2)19)9-25-15(16)18/h15,17H,4-9H2,1-3H3,(H,20,21)/t15-,16?/m1/s1. The van der Waals surface area contributed by atoms with Crippen LogP contribution >= 0.6 is 11.8 Å². The van der Waals surface area contributed by atoms with E-state index < -0.39 is 28.9 Å². The zero-order chi connectivity index (χ0) is 18.6. The van der Waals surface area contributed by atoms with Crippen molar-refractivity contribution in [3.8, 4) is 0 Å². The first-order valence-electron chi connectivity index (χ1n) is 8.23. The number of thioether (sulfide) groups is 1. The molecule has 140 valence electrons. The van der Waals surface area contributed by atoms with E-state index in [1.54, 1.807) is 0 Å². The number of fused-ring (bicyclic) bond motifs is 1. The molecule has 2 rings (SSSR count). The molecule has 1 fully saturated rings. The van der Waals surface area contributed by atoms with Crippen LogP contribution in [0, 0.1) is 0 Å². The van der Waals surface area contributed by atoms with Gasteiger partial charge in [0.15, 0.2) is 0 Å². The van der Waals surface area contributed by atoms with Crippen LogP contribution < -0.4 is 5.32 Å². The third-order valence-electron chi connectivity index (χ3n) is 4.25. The topological polar surface area (TPSA) is 105 Å². The Hall–Kier alpha value is -1.58. The SMILES string of the molecule is CCCCCNC1(OC)C(=O)N2C(C(=O)O)=C(COC(C)=O)CS[C@@H]21. The Balaban J connectivity index is 2.19. The van der Waals surface area contributed by atoms with Crippen molar-refractivity contribution >= 4 is 29.6 Å². The van der Waals surface area contributed by atoms with Gasteiger partial charge >= 0.3 is 11.9 Å². The van der Waals surface area contributed by atoms with E-state index in [-0.39, 0.29) is 12.3 Å². The van der Waals surface area contributed by atoms with Crippen LogP contribution in [0.3, 0.4) is 0 Å². The summed E-state index contributed by atoms with van der Waals surface area (Å²) in [6.07, 6.45) is 3.01. The van der Waals surface area contributed by atoms with Crippen molar-refractivity contribution in [1.82, 2.24) is 10.2 Å². The predicted octanol–water partition coefficient (Wildman–Crippen LogP) is 0.926. The molecule has 1 amide bonds. The molecule has 2 N–H and O–H groups in total. The van der Waals surface area contributed by atoms with Gasteiger partial charge in [-0.15, -0.1) is 11.8 Å². The summed E-state index contributed by atoms with van der Waals surface area (Å²) in [5, 5.41) is 12.2. The first-order chi connectivity index (χ1) is 11.9. The first kappa shape index (κ1) is 19.7. The van der Waals surface area contributed by atoms with Crippen LogP contribution in [0.5, 0.6) is 0 Å². The molecular formula is C16H24N2O6S. The summed E-state index contributed by atoms with van der Waals surface area (Å²) in [6.45, 7) is 3.83. The number of amides is 1. The minimum absolute atomic E-state index is 0.113. The van der Waals surface area contributed by atoms with E-state index in [1.807, 2.05) is 0 Å². The molecule has 0 aromatic heterocycles. The van der Waals surface area contributed by atoms with Crippen molar-refractivity contribution in [2.75, 3.05) is 26.0 Å². The van der Waals surface area contributed by atoms with Crippen LogP contribution in [-0.2, 0) is 23.9 Å². The lowest BCUT2D eigenvalue weighted by atomic mass is 9.98. The van der Waals surface area contributed by atoms with E-state index in [2.05, 4.69) is 12.2 Å². The largest absolute Gasteiger partial charge is 0.477 e. The van der Waals surface area contributed by atoms with Crippen molar-refractivity contribution in [3.05, 3.63) is 11.3 Å². The van der Waals surface area contributed by atoms with Crippen molar-refractivity contribution in [2.24, 2.45) is 0 Å². The lowest BCUT2D eigenvalue weighted by Crippen LogP contribution is -2.80. The Morgan fingerprint density at radius 2 is 2.16 bits per heavy atom. The van der Waals surface area contributed by atoms with Gasteiger partial charge in [0.1, 0.15) is 17.7 Å². The molecule has 0 aromatic carbocycles. The fourth-order valence-electron chi connectivity index (χ4n) is 2.96. The number of nitrogens with one attached hydrogen (secondary N) is 1. The Labute approximate surface area is 150 Å². The molecule has 2 heterocycles. The van der Waals surface area contributed by atoms with Gasteiger partial charge in [0.25, 0.3) is 5.91 Å². The second-order valence-corrected chi connectivity index (χ2v) is 7.02. The molecule has 1 unspecified atom stereocenters. The van der Waals surface area contributed by atoms with E-state index in [0.29, 0.717) is 17.9 Å².